The Kier molecular flexibility index (Phi) is 4.12. The van der Waals surface area contributed by atoms with Crippen LogP contribution in [0.1, 0.15) is 37.1 Å². The Balaban J connectivity index is 1.62. The van der Waals surface area contributed by atoms with Crippen molar-refractivity contribution in [3.63, 3.8) is 0 Å². The van der Waals surface area contributed by atoms with E-state index in [1.807, 2.05) is 12.1 Å². The number of aryl methyl sites for hydroxylation is 1. The van der Waals surface area contributed by atoms with Crippen molar-refractivity contribution in [2.45, 2.75) is 38.5 Å². The zero-order valence-electron chi connectivity index (χ0n) is 13.3. The van der Waals surface area contributed by atoms with Crippen molar-refractivity contribution < 1.29 is 0 Å². The van der Waals surface area contributed by atoms with E-state index < -0.39 is 0 Å². The fraction of sp³-hybridized carbons (Fsp3) is 0.444. The predicted octanol–water partition coefficient (Wildman–Crippen LogP) is 5.47. The van der Waals surface area contributed by atoms with E-state index in [1.54, 1.807) is 11.3 Å². The summed E-state index contributed by atoms with van der Waals surface area (Å²) in [6.45, 7) is 0. The summed E-state index contributed by atoms with van der Waals surface area (Å²) in [5.41, 5.74) is 2.29. The molecule has 1 fully saturated rings. The molecule has 0 amide bonds. The number of nitrogens with zero attached hydrogens (tertiary/aromatic N) is 3. The van der Waals surface area contributed by atoms with Crippen molar-refractivity contribution in [2.75, 3.05) is 0 Å². The smallest absolute Gasteiger partial charge is 0.164 e. The number of halogens is 1. The van der Waals surface area contributed by atoms with Crippen molar-refractivity contribution in [3.8, 4) is 10.7 Å². The van der Waals surface area contributed by atoms with Crippen LogP contribution in [-0.4, -0.2) is 14.8 Å². The van der Waals surface area contributed by atoms with E-state index in [9.17, 15) is 0 Å². The van der Waals surface area contributed by atoms with E-state index in [1.165, 1.54) is 42.6 Å². The van der Waals surface area contributed by atoms with E-state index >= 15 is 0 Å². The first-order chi connectivity index (χ1) is 11.2. The molecule has 3 aromatic rings. The highest BCUT2D eigenvalue weighted by Crippen LogP contribution is 2.33. The van der Waals surface area contributed by atoms with Gasteiger partial charge < -0.3 is 4.57 Å². The highest BCUT2D eigenvalue weighted by molar-refractivity contribution is 7.14. The Morgan fingerprint density at radius 2 is 2.00 bits per heavy atom. The molecule has 2 heterocycles. The van der Waals surface area contributed by atoms with Gasteiger partial charge in [0, 0.05) is 29.4 Å². The summed E-state index contributed by atoms with van der Waals surface area (Å²) in [5.74, 6) is 0.802. The molecule has 0 unspecified atom stereocenters. The zero-order valence-corrected chi connectivity index (χ0v) is 14.8. The Hall–Kier alpha value is -1.39. The molecule has 4 rings (SSSR count). The van der Waals surface area contributed by atoms with Crippen molar-refractivity contribution in [2.24, 2.45) is 13.0 Å². The Labute approximate surface area is 145 Å². The van der Waals surface area contributed by atoms with Gasteiger partial charge in [0.15, 0.2) is 5.01 Å². The highest BCUT2D eigenvalue weighted by Gasteiger charge is 2.18. The predicted molar refractivity (Wildman–Crippen MR) is 97.1 cm³/mol. The zero-order chi connectivity index (χ0) is 15.8. The van der Waals surface area contributed by atoms with Crippen LogP contribution < -0.4 is 0 Å². The third kappa shape index (κ3) is 3.02. The molecule has 120 valence electrons. The van der Waals surface area contributed by atoms with E-state index in [2.05, 4.69) is 33.9 Å². The molecule has 0 aliphatic heterocycles. The fourth-order valence-electron chi connectivity index (χ4n) is 3.60. The van der Waals surface area contributed by atoms with Gasteiger partial charge in [-0.15, -0.1) is 10.2 Å². The van der Waals surface area contributed by atoms with Crippen LogP contribution >= 0.6 is 22.9 Å². The summed E-state index contributed by atoms with van der Waals surface area (Å²) in [7, 11) is 2.08. The molecule has 3 nitrogen and oxygen atoms in total. The normalized spacial score (nSPS) is 16.3. The largest absolute Gasteiger partial charge is 0.342 e. The number of benzene rings is 1. The third-order valence-corrected chi connectivity index (χ3v) is 6.08. The summed E-state index contributed by atoms with van der Waals surface area (Å²) in [6.07, 6.45) is 7.94. The van der Waals surface area contributed by atoms with Crippen molar-refractivity contribution in [1.82, 2.24) is 14.8 Å². The molecule has 1 aliphatic rings. The lowest BCUT2D eigenvalue weighted by molar-refractivity contribution is 0.356. The van der Waals surface area contributed by atoms with E-state index in [4.69, 9.17) is 11.6 Å². The maximum Gasteiger partial charge on any atom is 0.164 e. The standard InChI is InChI=1S/C18H20ClN3S/c1-22-15-8-7-14(19)10-13(15)11-16(22)18-21-20-17(23-18)9-12-5-3-2-4-6-12/h7-8,10-12H,2-6,9H2,1H3. The minimum absolute atomic E-state index is 0.768. The van der Waals surface area contributed by atoms with Crippen LogP contribution in [0.4, 0.5) is 0 Å². The molecule has 0 N–H and O–H groups in total. The van der Waals surface area contributed by atoms with Crippen LogP contribution in [0.2, 0.25) is 5.02 Å². The van der Waals surface area contributed by atoms with Crippen molar-refractivity contribution in [1.29, 1.82) is 0 Å². The summed E-state index contributed by atoms with van der Waals surface area (Å²) in [4.78, 5) is 0. The fourth-order valence-corrected chi connectivity index (χ4v) is 4.79. The van der Waals surface area contributed by atoms with Gasteiger partial charge in [0.25, 0.3) is 0 Å². The molecule has 0 atom stereocenters. The quantitative estimate of drug-likeness (QED) is 0.629. The molecule has 1 aliphatic carbocycles. The first-order valence-electron chi connectivity index (χ1n) is 8.28. The molecule has 23 heavy (non-hydrogen) atoms. The van der Waals surface area contributed by atoms with Gasteiger partial charge in [-0.2, -0.15) is 0 Å². The number of aromatic nitrogens is 3. The summed E-state index contributed by atoms with van der Waals surface area (Å²) >= 11 is 7.84. The SMILES string of the molecule is Cn1c(-c2nnc(CC3CCCCC3)s2)cc2cc(Cl)ccc21. The van der Waals surface area contributed by atoms with Gasteiger partial charge in [-0.05, 0) is 30.2 Å². The van der Waals surface area contributed by atoms with Crippen LogP contribution in [0.3, 0.4) is 0 Å². The van der Waals surface area contributed by atoms with Crippen LogP contribution in [0.5, 0.6) is 0 Å². The van der Waals surface area contributed by atoms with Crippen LogP contribution in [-0.2, 0) is 13.5 Å². The molecule has 2 aromatic heterocycles. The molecule has 0 radical (unpaired) electrons. The second-order valence-electron chi connectivity index (χ2n) is 6.50. The molecule has 0 saturated heterocycles. The average Bonchev–Trinajstić information content (AvgIpc) is 3.13. The molecule has 0 spiro atoms. The Bertz CT molecular complexity index is 830. The van der Waals surface area contributed by atoms with Gasteiger partial charge in [-0.1, -0.05) is 55.0 Å². The topological polar surface area (TPSA) is 30.7 Å². The highest BCUT2D eigenvalue weighted by atomic mass is 35.5. The molecule has 5 heteroatoms. The Morgan fingerprint density at radius 3 is 2.83 bits per heavy atom. The molecule has 1 saturated carbocycles. The van der Waals surface area contributed by atoms with Gasteiger partial charge in [-0.25, -0.2) is 0 Å². The van der Waals surface area contributed by atoms with Gasteiger partial charge in [0.2, 0.25) is 0 Å². The van der Waals surface area contributed by atoms with E-state index in [0.29, 0.717) is 0 Å². The first kappa shape index (κ1) is 15.2. The second-order valence-corrected chi connectivity index (χ2v) is 8.00. The molecule has 1 aromatic carbocycles. The van der Waals surface area contributed by atoms with E-state index in [-0.39, 0.29) is 0 Å². The van der Waals surface area contributed by atoms with E-state index in [0.717, 1.165) is 33.4 Å². The van der Waals surface area contributed by atoms with Gasteiger partial charge in [0.05, 0.1) is 5.69 Å². The number of fused-ring (bicyclic) bond motifs is 1. The average molecular weight is 346 g/mol. The monoisotopic (exact) mass is 345 g/mol. The number of hydrogen-bond acceptors (Lipinski definition) is 3. The minimum Gasteiger partial charge on any atom is -0.342 e. The van der Waals surface area contributed by atoms with Crippen LogP contribution in [0, 0.1) is 5.92 Å². The minimum atomic E-state index is 0.768. The lowest BCUT2D eigenvalue weighted by atomic mass is 9.87. The third-order valence-electron chi connectivity index (χ3n) is 4.88. The number of rotatable bonds is 3. The van der Waals surface area contributed by atoms with Gasteiger partial charge >= 0.3 is 0 Å². The van der Waals surface area contributed by atoms with Crippen LogP contribution in [0.25, 0.3) is 21.6 Å². The summed E-state index contributed by atoms with van der Waals surface area (Å²) in [6, 6.07) is 8.16. The summed E-state index contributed by atoms with van der Waals surface area (Å²) in [5, 5.41) is 13.0. The molecular weight excluding hydrogens is 326 g/mol. The van der Waals surface area contributed by atoms with Gasteiger partial charge in [0.1, 0.15) is 5.01 Å². The lowest BCUT2D eigenvalue weighted by Crippen LogP contribution is -2.08. The number of hydrogen-bond donors (Lipinski definition) is 0. The molecular formula is C18H20ClN3S. The second kappa shape index (κ2) is 6.25. The summed E-state index contributed by atoms with van der Waals surface area (Å²) < 4.78 is 2.18. The van der Waals surface area contributed by atoms with Crippen LogP contribution in [0.15, 0.2) is 24.3 Å². The first-order valence-corrected chi connectivity index (χ1v) is 9.48. The molecule has 0 bridgehead atoms. The van der Waals surface area contributed by atoms with Crippen molar-refractivity contribution in [3.05, 3.63) is 34.3 Å². The van der Waals surface area contributed by atoms with Crippen molar-refractivity contribution >= 4 is 33.8 Å². The Morgan fingerprint density at radius 1 is 1.17 bits per heavy atom. The lowest BCUT2D eigenvalue weighted by Gasteiger charge is -2.19. The van der Waals surface area contributed by atoms with Gasteiger partial charge in [-0.3, -0.25) is 0 Å². The maximum atomic E-state index is 6.10. The maximum absolute atomic E-state index is 6.10.